The van der Waals surface area contributed by atoms with Crippen molar-refractivity contribution in [3.05, 3.63) is 0 Å². The number of alkyl halides is 1. The van der Waals surface area contributed by atoms with Crippen LogP contribution < -0.4 is 5.73 Å². The third kappa shape index (κ3) is 2.51. The van der Waals surface area contributed by atoms with E-state index in [9.17, 15) is 4.39 Å². The van der Waals surface area contributed by atoms with Gasteiger partial charge in [0.25, 0.3) is 0 Å². The van der Waals surface area contributed by atoms with E-state index in [1.54, 1.807) is 0 Å². The smallest absolute Gasteiger partial charge is 0.129 e. The van der Waals surface area contributed by atoms with Crippen LogP contribution >= 0.6 is 0 Å². The summed E-state index contributed by atoms with van der Waals surface area (Å²) in [7, 11) is 0. The third-order valence-electron chi connectivity index (χ3n) is 3.24. The highest BCUT2D eigenvalue weighted by atomic mass is 19.1. The summed E-state index contributed by atoms with van der Waals surface area (Å²) < 4.78 is 13.7. The molecule has 15 heavy (non-hydrogen) atoms. The maximum atomic E-state index is 13.7. The fourth-order valence-electron chi connectivity index (χ4n) is 2.56. The average Bonchev–Trinajstić information content (AvgIpc) is 2.25. The van der Waals surface area contributed by atoms with E-state index < -0.39 is 6.17 Å². The van der Waals surface area contributed by atoms with Gasteiger partial charge < -0.3 is 5.73 Å². The number of nitrogens with zero attached hydrogens (tertiary/aromatic N) is 1. The van der Waals surface area contributed by atoms with E-state index in [0.717, 1.165) is 0 Å². The van der Waals surface area contributed by atoms with Crippen LogP contribution in [0.4, 0.5) is 4.39 Å². The molecule has 1 fully saturated rings. The average molecular weight is 216 g/mol. The monoisotopic (exact) mass is 216 g/mol. The maximum absolute atomic E-state index is 13.7. The molecule has 0 radical (unpaired) electrons. The highest BCUT2D eigenvalue weighted by Gasteiger charge is 2.49. The molecule has 1 heterocycles. The molecule has 0 aromatic rings. The predicted octanol–water partition coefficient (Wildman–Crippen LogP) is 2.18. The summed E-state index contributed by atoms with van der Waals surface area (Å²) in [4.78, 5) is 2.21. The van der Waals surface area contributed by atoms with Gasteiger partial charge in [-0.1, -0.05) is 20.8 Å². The minimum Gasteiger partial charge on any atom is -0.324 e. The number of nitrogens with two attached hydrogens (primary N) is 1. The van der Waals surface area contributed by atoms with E-state index in [4.69, 9.17) is 5.73 Å². The van der Waals surface area contributed by atoms with Gasteiger partial charge in [0, 0.05) is 18.1 Å². The standard InChI is InChI=1S/C12H25FN2/c1-11(2,3)10-9(14)8(13)7-15(10)12(4,5)6/h8-10H,7,14H2,1-6H3/t8-,9+,10?/m0/s1. The first-order valence-electron chi connectivity index (χ1n) is 5.71. The SMILES string of the molecule is CC(C)(C)C1[C@H](N)[C@@H](F)CN1C(C)(C)C. The lowest BCUT2D eigenvalue weighted by molar-refractivity contribution is 0.0517. The number of hydrogen-bond acceptors (Lipinski definition) is 2. The van der Waals surface area contributed by atoms with Crippen LogP contribution in [0.1, 0.15) is 41.5 Å². The Morgan fingerprint density at radius 1 is 1.13 bits per heavy atom. The number of rotatable bonds is 0. The summed E-state index contributed by atoms with van der Waals surface area (Å²) in [5.74, 6) is 0. The van der Waals surface area contributed by atoms with Gasteiger partial charge >= 0.3 is 0 Å². The second kappa shape index (κ2) is 3.70. The molecule has 3 heteroatoms. The van der Waals surface area contributed by atoms with Crippen molar-refractivity contribution < 1.29 is 4.39 Å². The molecule has 0 aromatic heterocycles. The molecule has 0 amide bonds. The number of likely N-dealkylation sites (tertiary alicyclic amines) is 1. The van der Waals surface area contributed by atoms with E-state index in [2.05, 4.69) is 46.4 Å². The van der Waals surface area contributed by atoms with Gasteiger partial charge in [0.15, 0.2) is 0 Å². The van der Waals surface area contributed by atoms with Crippen LogP contribution in [0.5, 0.6) is 0 Å². The molecular weight excluding hydrogens is 191 g/mol. The van der Waals surface area contributed by atoms with E-state index >= 15 is 0 Å². The molecule has 1 saturated heterocycles. The van der Waals surface area contributed by atoms with Crippen molar-refractivity contribution in [1.82, 2.24) is 4.90 Å². The summed E-state index contributed by atoms with van der Waals surface area (Å²) in [5.41, 5.74) is 5.98. The van der Waals surface area contributed by atoms with E-state index in [1.165, 1.54) is 0 Å². The van der Waals surface area contributed by atoms with Crippen LogP contribution in [0, 0.1) is 5.41 Å². The fourth-order valence-corrected chi connectivity index (χ4v) is 2.56. The Morgan fingerprint density at radius 2 is 1.60 bits per heavy atom. The lowest BCUT2D eigenvalue weighted by Gasteiger charge is -2.44. The van der Waals surface area contributed by atoms with Crippen LogP contribution in [-0.2, 0) is 0 Å². The van der Waals surface area contributed by atoms with Crippen molar-refractivity contribution in [2.45, 2.75) is 65.3 Å². The molecule has 0 bridgehead atoms. The van der Waals surface area contributed by atoms with Gasteiger partial charge in [0.2, 0.25) is 0 Å². The van der Waals surface area contributed by atoms with Crippen LogP contribution in [0.2, 0.25) is 0 Å². The zero-order valence-electron chi connectivity index (χ0n) is 10.8. The Balaban J connectivity index is 2.98. The van der Waals surface area contributed by atoms with Crippen molar-refractivity contribution in [1.29, 1.82) is 0 Å². The summed E-state index contributed by atoms with van der Waals surface area (Å²) >= 11 is 0. The lowest BCUT2D eigenvalue weighted by Crippen LogP contribution is -2.54. The molecule has 3 atom stereocenters. The fraction of sp³-hybridized carbons (Fsp3) is 1.00. The van der Waals surface area contributed by atoms with Gasteiger partial charge in [0.05, 0.1) is 6.04 Å². The molecule has 0 aromatic carbocycles. The van der Waals surface area contributed by atoms with Crippen molar-refractivity contribution in [2.75, 3.05) is 6.54 Å². The maximum Gasteiger partial charge on any atom is 0.129 e. The molecular formula is C12H25FN2. The van der Waals surface area contributed by atoms with Crippen LogP contribution in [0.25, 0.3) is 0 Å². The highest BCUT2D eigenvalue weighted by Crippen LogP contribution is 2.37. The Labute approximate surface area is 93.0 Å². The number of halogens is 1. The van der Waals surface area contributed by atoms with Gasteiger partial charge in [-0.15, -0.1) is 0 Å². The second-order valence-electron chi connectivity index (χ2n) is 6.73. The predicted molar refractivity (Wildman–Crippen MR) is 62.6 cm³/mol. The molecule has 0 saturated carbocycles. The second-order valence-corrected chi connectivity index (χ2v) is 6.73. The van der Waals surface area contributed by atoms with Crippen LogP contribution in [0.15, 0.2) is 0 Å². The minimum atomic E-state index is -0.895. The van der Waals surface area contributed by atoms with Gasteiger partial charge in [-0.3, -0.25) is 4.90 Å². The van der Waals surface area contributed by atoms with Crippen LogP contribution in [0.3, 0.4) is 0 Å². The zero-order chi connectivity index (χ0) is 12.0. The van der Waals surface area contributed by atoms with Gasteiger partial charge in [-0.25, -0.2) is 4.39 Å². The van der Waals surface area contributed by atoms with Crippen molar-refractivity contribution in [3.63, 3.8) is 0 Å². The quantitative estimate of drug-likeness (QED) is 0.672. The Morgan fingerprint density at radius 3 is 1.87 bits per heavy atom. The van der Waals surface area contributed by atoms with E-state index in [0.29, 0.717) is 6.54 Å². The molecule has 1 aliphatic rings. The Hall–Kier alpha value is -0.150. The highest BCUT2D eigenvalue weighted by molar-refractivity contribution is 5.05. The normalized spacial score (nSPS) is 34.8. The van der Waals surface area contributed by atoms with Gasteiger partial charge in [-0.05, 0) is 26.2 Å². The molecule has 1 rings (SSSR count). The van der Waals surface area contributed by atoms with Crippen molar-refractivity contribution in [2.24, 2.45) is 11.1 Å². The van der Waals surface area contributed by atoms with Crippen molar-refractivity contribution in [3.8, 4) is 0 Å². The minimum absolute atomic E-state index is 0.0175. The molecule has 0 spiro atoms. The largest absolute Gasteiger partial charge is 0.324 e. The first-order chi connectivity index (χ1) is 6.55. The molecule has 1 aliphatic heterocycles. The first-order valence-corrected chi connectivity index (χ1v) is 5.71. The van der Waals surface area contributed by atoms with Crippen LogP contribution in [-0.4, -0.2) is 35.2 Å². The molecule has 2 nitrogen and oxygen atoms in total. The third-order valence-corrected chi connectivity index (χ3v) is 3.24. The van der Waals surface area contributed by atoms with E-state index in [-0.39, 0.29) is 23.0 Å². The zero-order valence-corrected chi connectivity index (χ0v) is 10.8. The molecule has 0 aliphatic carbocycles. The van der Waals surface area contributed by atoms with E-state index in [1.807, 2.05) is 0 Å². The Bertz CT molecular complexity index is 227. The van der Waals surface area contributed by atoms with Crippen molar-refractivity contribution >= 4 is 0 Å². The molecule has 90 valence electrons. The van der Waals surface area contributed by atoms with Gasteiger partial charge in [0.1, 0.15) is 6.17 Å². The number of hydrogen-bond donors (Lipinski definition) is 1. The summed E-state index contributed by atoms with van der Waals surface area (Å²) in [5, 5.41) is 0. The molecule has 2 N–H and O–H groups in total. The summed E-state index contributed by atoms with van der Waals surface area (Å²) in [6.45, 7) is 13.2. The van der Waals surface area contributed by atoms with Gasteiger partial charge in [-0.2, -0.15) is 0 Å². The summed E-state index contributed by atoms with van der Waals surface area (Å²) in [6, 6.07) is -0.239. The summed E-state index contributed by atoms with van der Waals surface area (Å²) in [6.07, 6.45) is -0.895. The first kappa shape index (κ1) is 12.9. The molecule has 1 unspecified atom stereocenters. The lowest BCUT2D eigenvalue weighted by atomic mass is 9.81. The Kier molecular flexibility index (Phi) is 3.19. The topological polar surface area (TPSA) is 29.3 Å².